The molecule has 0 aliphatic heterocycles. The van der Waals surface area contributed by atoms with Crippen LogP contribution in [0.4, 0.5) is 0 Å². The first-order valence-electron chi connectivity index (χ1n) is 7.13. The van der Waals surface area contributed by atoms with E-state index in [1.54, 1.807) is 7.11 Å². The lowest BCUT2D eigenvalue weighted by atomic mass is 9.83. The van der Waals surface area contributed by atoms with Crippen molar-refractivity contribution in [1.29, 1.82) is 0 Å². The molecule has 1 unspecified atom stereocenters. The normalized spacial score (nSPS) is 22.2. The summed E-state index contributed by atoms with van der Waals surface area (Å²) in [4.78, 5) is 0. The number of rotatable bonds is 3. The summed E-state index contributed by atoms with van der Waals surface area (Å²) < 4.78 is 5.63. The van der Waals surface area contributed by atoms with Crippen molar-refractivity contribution in [2.75, 3.05) is 7.11 Å². The lowest BCUT2D eigenvalue weighted by molar-refractivity contribution is 0.397. The fourth-order valence-corrected chi connectivity index (χ4v) is 3.43. The average molecular weight is 245 g/mol. The molecule has 0 amide bonds. The van der Waals surface area contributed by atoms with Crippen LogP contribution in [0.3, 0.4) is 0 Å². The van der Waals surface area contributed by atoms with Crippen molar-refractivity contribution in [2.45, 2.75) is 56.9 Å². The van der Waals surface area contributed by atoms with Crippen LogP contribution in [0.2, 0.25) is 0 Å². The van der Waals surface area contributed by atoms with Crippen molar-refractivity contribution >= 4 is 0 Å². The van der Waals surface area contributed by atoms with E-state index in [0.717, 1.165) is 5.75 Å². The molecule has 0 radical (unpaired) electrons. The third-order valence-electron chi connectivity index (χ3n) is 4.86. The van der Waals surface area contributed by atoms with Crippen molar-refractivity contribution in [3.8, 4) is 5.75 Å². The molecule has 0 bridgehead atoms. The lowest BCUT2D eigenvalue weighted by Gasteiger charge is -2.26. The van der Waals surface area contributed by atoms with Crippen LogP contribution >= 0.6 is 0 Å². The topological polar surface area (TPSA) is 35.2 Å². The molecule has 2 heteroatoms. The van der Waals surface area contributed by atoms with Crippen LogP contribution < -0.4 is 10.5 Å². The van der Waals surface area contributed by atoms with Crippen molar-refractivity contribution < 1.29 is 4.74 Å². The van der Waals surface area contributed by atoms with Crippen LogP contribution in [-0.4, -0.2) is 13.2 Å². The Morgan fingerprint density at radius 3 is 2.28 bits per heavy atom. The predicted molar refractivity (Wildman–Crippen MR) is 74.2 cm³/mol. The first-order valence-corrected chi connectivity index (χ1v) is 7.13. The van der Waals surface area contributed by atoms with Gasteiger partial charge in [-0.05, 0) is 62.6 Å². The molecule has 1 atom stereocenters. The average Bonchev–Trinajstić information content (AvgIpc) is 3.18. The van der Waals surface area contributed by atoms with Crippen molar-refractivity contribution in [1.82, 2.24) is 0 Å². The van der Waals surface area contributed by atoms with Crippen LogP contribution in [0.15, 0.2) is 12.1 Å². The highest BCUT2D eigenvalue weighted by Gasteiger charge is 2.49. The molecule has 2 aliphatic carbocycles. The van der Waals surface area contributed by atoms with Gasteiger partial charge in [0.05, 0.1) is 7.11 Å². The number of aryl methyl sites for hydroxylation is 2. The second kappa shape index (κ2) is 4.27. The first-order chi connectivity index (χ1) is 8.67. The van der Waals surface area contributed by atoms with Crippen LogP contribution in [0.25, 0.3) is 0 Å². The maximum atomic E-state index is 6.21. The Bertz CT molecular complexity index is 460. The molecule has 18 heavy (non-hydrogen) atoms. The number of ether oxygens (including phenoxy) is 1. The zero-order valence-electron chi connectivity index (χ0n) is 11.5. The van der Waals surface area contributed by atoms with Crippen molar-refractivity contribution in [2.24, 2.45) is 5.73 Å². The monoisotopic (exact) mass is 245 g/mol. The molecule has 2 nitrogen and oxygen atoms in total. The summed E-state index contributed by atoms with van der Waals surface area (Å²) in [5, 5.41) is 0. The maximum Gasteiger partial charge on any atom is 0.122 e. The standard InChI is InChI=1S/C16H23NO/c1-11(17)16(7-8-16)14-9-12-5-3-4-6-13(12)10-15(14)18-2/h9-11H,3-8,17H2,1-2H3. The Morgan fingerprint density at radius 2 is 1.78 bits per heavy atom. The van der Waals surface area contributed by atoms with E-state index in [9.17, 15) is 0 Å². The number of methoxy groups -OCH3 is 1. The quantitative estimate of drug-likeness (QED) is 0.888. The van der Waals surface area contributed by atoms with Gasteiger partial charge in [-0.15, -0.1) is 0 Å². The van der Waals surface area contributed by atoms with E-state index < -0.39 is 0 Å². The fraction of sp³-hybridized carbons (Fsp3) is 0.625. The van der Waals surface area contributed by atoms with E-state index >= 15 is 0 Å². The minimum atomic E-state index is 0.192. The molecule has 0 heterocycles. The first kappa shape index (κ1) is 12.0. The summed E-state index contributed by atoms with van der Waals surface area (Å²) >= 11 is 0. The largest absolute Gasteiger partial charge is 0.496 e. The van der Waals surface area contributed by atoms with E-state index in [1.807, 2.05) is 0 Å². The number of benzene rings is 1. The lowest BCUT2D eigenvalue weighted by Crippen LogP contribution is -2.32. The number of hydrogen-bond donors (Lipinski definition) is 1. The molecular weight excluding hydrogens is 222 g/mol. The zero-order valence-corrected chi connectivity index (χ0v) is 11.5. The van der Waals surface area contributed by atoms with E-state index in [0.29, 0.717) is 0 Å². The molecule has 98 valence electrons. The Hall–Kier alpha value is -1.02. The highest BCUT2D eigenvalue weighted by Crippen LogP contribution is 2.53. The molecule has 2 N–H and O–H groups in total. The van der Waals surface area contributed by atoms with E-state index in [4.69, 9.17) is 10.5 Å². The minimum absolute atomic E-state index is 0.192. The van der Waals surface area contributed by atoms with Crippen LogP contribution in [-0.2, 0) is 18.3 Å². The van der Waals surface area contributed by atoms with Gasteiger partial charge >= 0.3 is 0 Å². The van der Waals surface area contributed by atoms with Crippen LogP contribution in [0.5, 0.6) is 5.75 Å². The van der Waals surface area contributed by atoms with E-state index in [1.165, 1.54) is 55.2 Å². The smallest absolute Gasteiger partial charge is 0.122 e. The fourth-order valence-electron chi connectivity index (χ4n) is 3.43. The van der Waals surface area contributed by atoms with Gasteiger partial charge in [-0.25, -0.2) is 0 Å². The van der Waals surface area contributed by atoms with Gasteiger partial charge in [-0.1, -0.05) is 6.07 Å². The minimum Gasteiger partial charge on any atom is -0.496 e. The van der Waals surface area contributed by atoms with Gasteiger partial charge < -0.3 is 10.5 Å². The molecule has 1 aromatic rings. The third kappa shape index (κ3) is 1.74. The Morgan fingerprint density at radius 1 is 1.17 bits per heavy atom. The molecule has 2 aliphatic rings. The second-order valence-electron chi connectivity index (χ2n) is 5.97. The van der Waals surface area contributed by atoms with Crippen molar-refractivity contribution in [3.63, 3.8) is 0 Å². The molecule has 0 spiro atoms. The van der Waals surface area contributed by atoms with Gasteiger partial charge in [-0.2, -0.15) is 0 Å². The molecule has 1 fully saturated rings. The van der Waals surface area contributed by atoms with E-state index in [-0.39, 0.29) is 11.5 Å². The van der Waals surface area contributed by atoms with Gasteiger partial charge in [0.2, 0.25) is 0 Å². The Balaban J connectivity index is 2.08. The highest BCUT2D eigenvalue weighted by molar-refractivity contribution is 5.50. The van der Waals surface area contributed by atoms with Crippen LogP contribution in [0, 0.1) is 0 Å². The maximum absolute atomic E-state index is 6.21. The molecule has 0 saturated heterocycles. The molecule has 1 aromatic carbocycles. The second-order valence-corrected chi connectivity index (χ2v) is 5.97. The summed E-state index contributed by atoms with van der Waals surface area (Å²) in [5.74, 6) is 1.06. The Labute approximate surface area is 110 Å². The number of fused-ring (bicyclic) bond motifs is 1. The van der Waals surface area contributed by atoms with Gasteiger partial charge in [0.25, 0.3) is 0 Å². The summed E-state index contributed by atoms with van der Waals surface area (Å²) in [6.07, 6.45) is 7.48. The van der Waals surface area contributed by atoms with Gasteiger partial charge in [0.15, 0.2) is 0 Å². The number of hydrogen-bond acceptors (Lipinski definition) is 2. The summed E-state index contributed by atoms with van der Waals surface area (Å²) in [5.41, 5.74) is 10.8. The third-order valence-corrected chi connectivity index (χ3v) is 4.86. The van der Waals surface area contributed by atoms with Gasteiger partial charge in [0, 0.05) is 17.0 Å². The SMILES string of the molecule is COc1cc2c(cc1C1(C(C)N)CC1)CCCC2. The number of nitrogens with two attached hydrogens (primary N) is 1. The molecule has 3 rings (SSSR count). The summed E-state index contributed by atoms with van der Waals surface area (Å²) in [7, 11) is 1.78. The summed E-state index contributed by atoms with van der Waals surface area (Å²) in [6.45, 7) is 2.13. The molecule has 0 aromatic heterocycles. The Kier molecular flexibility index (Phi) is 2.86. The predicted octanol–water partition coefficient (Wildman–Crippen LogP) is 2.95. The molecule has 1 saturated carbocycles. The highest BCUT2D eigenvalue weighted by atomic mass is 16.5. The summed E-state index contributed by atoms with van der Waals surface area (Å²) in [6, 6.07) is 4.88. The van der Waals surface area contributed by atoms with Crippen molar-refractivity contribution in [3.05, 3.63) is 28.8 Å². The molecular formula is C16H23NO. The van der Waals surface area contributed by atoms with E-state index in [2.05, 4.69) is 19.1 Å². The van der Waals surface area contributed by atoms with Gasteiger partial charge in [-0.3, -0.25) is 0 Å². The van der Waals surface area contributed by atoms with Crippen LogP contribution in [0.1, 0.15) is 49.3 Å². The van der Waals surface area contributed by atoms with Gasteiger partial charge in [0.1, 0.15) is 5.75 Å². The zero-order chi connectivity index (χ0) is 12.8.